The fraction of sp³-hybridized carbons (Fsp3) is 0.0714. The van der Waals surface area contributed by atoms with Crippen molar-refractivity contribution in [3.05, 3.63) is 58.3 Å². The number of phenolic OH excluding ortho intramolecular Hbond substituents is 1. The van der Waals surface area contributed by atoms with E-state index in [2.05, 4.69) is 15.9 Å². The van der Waals surface area contributed by atoms with Crippen LogP contribution in [0.15, 0.2) is 46.9 Å². The standard InChI is InChI=1S/C14H11BrFNO2/c1-17(11-5-3-10(16)4-6-11)14(19)12-7-2-9(15)8-13(12)18/h2-8,18H,1H3. The monoisotopic (exact) mass is 323 g/mol. The zero-order valence-electron chi connectivity index (χ0n) is 10.1. The highest BCUT2D eigenvalue weighted by atomic mass is 79.9. The normalized spacial score (nSPS) is 10.3. The summed E-state index contributed by atoms with van der Waals surface area (Å²) in [5.41, 5.74) is 0.740. The number of hydrogen-bond donors (Lipinski definition) is 1. The maximum atomic E-state index is 12.8. The van der Waals surface area contributed by atoms with Crippen molar-refractivity contribution in [2.75, 3.05) is 11.9 Å². The van der Waals surface area contributed by atoms with Gasteiger partial charge in [0.05, 0.1) is 5.56 Å². The van der Waals surface area contributed by atoms with Crippen LogP contribution in [0.25, 0.3) is 0 Å². The van der Waals surface area contributed by atoms with E-state index < -0.39 is 0 Å². The number of carbonyl (C=O) groups is 1. The van der Waals surface area contributed by atoms with Crippen molar-refractivity contribution < 1.29 is 14.3 Å². The van der Waals surface area contributed by atoms with E-state index in [1.54, 1.807) is 13.1 Å². The molecule has 0 aliphatic rings. The smallest absolute Gasteiger partial charge is 0.261 e. The van der Waals surface area contributed by atoms with Gasteiger partial charge in [-0.1, -0.05) is 15.9 Å². The minimum atomic E-state index is -0.365. The summed E-state index contributed by atoms with van der Waals surface area (Å²) < 4.78 is 13.5. The fourth-order valence-electron chi connectivity index (χ4n) is 1.65. The van der Waals surface area contributed by atoms with E-state index in [9.17, 15) is 14.3 Å². The van der Waals surface area contributed by atoms with E-state index in [1.165, 1.54) is 41.3 Å². The lowest BCUT2D eigenvalue weighted by molar-refractivity contribution is 0.0990. The van der Waals surface area contributed by atoms with Crippen LogP contribution in [0.4, 0.5) is 10.1 Å². The van der Waals surface area contributed by atoms with Crippen LogP contribution >= 0.6 is 15.9 Å². The van der Waals surface area contributed by atoms with Gasteiger partial charge in [0.25, 0.3) is 5.91 Å². The molecule has 0 heterocycles. The van der Waals surface area contributed by atoms with Gasteiger partial charge in [-0.05, 0) is 42.5 Å². The zero-order valence-corrected chi connectivity index (χ0v) is 11.7. The molecule has 2 rings (SSSR count). The first-order chi connectivity index (χ1) is 8.99. The number of phenols is 1. The highest BCUT2D eigenvalue weighted by molar-refractivity contribution is 9.10. The predicted octanol–water partition coefficient (Wildman–Crippen LogP) is 3.57. The minimum absolute atomic E-state index is 0.103. The van der Waals surface area contributed by atoms with Crippen molar-refractivity contribution in [2.24, 2.45) is 0 Å². The molecular formula is C14H11BrFNO2. The minimum Gasteiger partial charge on any atom is -0.507 e. The van der Waals surface area contributed by atoms with Gasteiger partial charge in [-0.25, -0.2) is 4.39 Å². The highest BCUT2D eigenvalue weighted by Crippen LogP contribution is 2.25. The zero-order chi connectivity index (χ0) is 14.0. The molecule has 0 bridgehead atoms. The van der Waals surface area contributed by atoms with E-state index in [1.807, 2.05) is 0 Å². The number of halogens is 2. The molecule has 0 fully saturated rings. The van der Waals surface area contributed by atoms with Gasteiger partial charge in [-0.15, -0.1) is 0 Å². The van der Waals surface area contributed by atoms with E-state index in [-0.39, 0.29) is 23.0 Å². The van der Waals surface area contributed by atoms with Gasteiger partial charge >= 0.3 is 0 Å². The number of carbonyl (C=O) groups excluding carboxylic acids is 1. The van der Waals surface area contributed by atoms with E-state index in [0.29, 0.717) is 10.2 Å². The molecule has 2 aromatic rings. The number of amides is 1. The molecular weight excluding hydrogens is 313 g/mol. The average molecular weight is 324 g/mol. The third kappa shape index (κ3) is 2.93. The summed E-state index contributed by atoms with van der Waals surface area (Å²) in [6, 6.07) is 10.2. The number of aromatic hydroxyl groups is 1. The lowest BCUT2D eigenvalue weighted by Crippen LogP contribution is -2.26. The van der Waals surface area contributed by atoms with Gasteiger partial charge in [-0.2, -0.15) is 0 Å². The quantitative estimate of drug-likeness (QED) is 0.917. The van der Waals surface area contributed by atoms with Crippen LogP contribution in [0, 0.1) is 5.82 Å². The Kier molecular flexibility index (Phi) is 3.85. The molecule has 0 unspecified atom stereocenters. The Bertz CT molecular complexity index is 613. The fourth-order valence-corrected chi connectivity index (χ4v) is 2.00. The number of hydrogen-bond acceptors (Lipinski definition) is 2. The highest BCUT2D eigenvalue weighted by Gasteiger charge is 2.17. The summed E-state index contributed by atoms with van der Waals surface area (Å²) in [6.07, 6.45) is 0. The summed E-state index contributed by atoms with van der Waals surface area (Å²) in [4.78, 5) is 13.6. The summed E-state index contributed by atoms with van der Waals surface area (Å²) >= 11 is 3.21. The van der Waals surface area contributed by atoms with Gasteiger partial charge in [0.1, 0.15) is 11.6 Å². The van der Waals surface area contributed by atoms with Crippen LogP contribution in [0.2, 0.25) is 0 Å². The SMILES string of the molecule is CN(C(=O)c1ccc(Br)cc1O)c1ccc(F)cc1. The number of anilines is 1. The Balaban J connectivity index is 2.30. The predicted molar refractivity (Wildman–Crippen MR) is 74.9 cm³/mol. The van der Waals surface area contributed by atoms with E-state index in [4.69, 9.17) is 0 Å². The molecule has 3 nitrogen and oxygen atoms in total. The van der Waals surface area contributed by atoms with Gasteiger partial charge < -0.3 is 10.0 Å². The van der Waals surface area contributed by atoms with Gasteiger partial charge in [0, 0.05) is 17.2 Å². The van der Waals surface area contributed by atoms with Crippen molar-refractivity contribution in [1.82, 2.24) is 0 Å². The van der Waals surface area contributed by atoms with Crippen molar-refractivity contribution in [3.63, 3.8) is 0 Å². The third-order valence-electron chi connectivity index (χ3n) is 2.71. The number of nitrogens with zero attached hydrogens (tertiary/aromatic N) is 1. The van der Waals surface area contributed by atoms with Crippen molar-refractivity contribution >= 4 is 27.5 Å². The molecule has 0 aliphatic heterocycles. The van der Waals surface area contributed by atoms with Crippen molar-refractivity contribution in [2.45, 2.75) is 0 Å². The Morgan fingerprint density at radius 1 is 1.21 bits per heavy atom. The molecule has 0 aliphatic carbocycles. The second-order valence-electron chi connectivity index (χ2n) is 4.00. The van der Waals surface area contributed by atoms with Crippen molar-refractivity contribution in [3.8, 4) is 5.75 Å². The van der Waals surface area contributed by atoms with E-state index >= 15 is 0 Å². The molecule has 5 heteroatoms. The largest absolute Gasteiger partial charge is 0.507 e. The molecule has 1 N–H and O–H groups in total. The van der Waals surface area contributed by atoms with Crippen LogP contribution in [-0.4, -0.2) is 18.1 Å². The maximum absolute atomic E-state index is 12.8. The molecule has 98 valence electrons. The molecule has 0 aromatic heterocycles. The number of rotatable bonds is 2. The Hall–Kier alpha value is -1.88. The molecule has 0 atom stereocenters. The number of benzene rings is 2. The first-order valence-electron chi connectivity index (χ1n) is 5.51. The van der Waals surface area contributed by atoms with Crippen LogP contribution in [0.5, 0.6) is 5.75 Å². The average Bonchev–Trinajstić information content (AvgIpc) is 2.38. The first-order valence-corrected chi connectivity index (χ1v) is 6.30. The third-order valence-corrected chi connectivity index (χ3v) is 3.20. The van der Waals surface area contributed by atoms with Crippen LogP contribution in [0.3, 0.4) is 0 Å². The molecule has 0 spiro atoms. The second-order valence-corrected chi connectivity index (χ2v) is 4.92. The Labute approximate surface area is 118 Å². The topological polar surface area (TPSA) is 40.5 Å². The van der Waals surface area contributed by atoms with Gasteiger partial charge in [0.2, 0.25) is 0 Å². The summed E-state index contributed by atoms with van der Waals surface area (Å²) in [7, 11) is 1.57. The van der Waals surface area contributed by atoms with Gasteiger partial charge in [0.15, 0.2) is 0 Å². The van der Waals surface area contributed by atoms with Crippen LogP contribution in [-0.2, 0) is 0 Å². The lowest BCUT2D eigenvalue weighted by atomic mass is 10.1. The molecule has 0 saturated heterocycles. The van der Waals surface area contributed by atoms with Crippen LogP contribution in [0.1, 0.15) is 10.4 Å². The van der Waals surface area contributed by atoms with E-state index in [0.717, 1.165) is 0 Å². The maximum Gasteiger partial charge on any atom is 0.261 e. The summed E-state index contributed by atoms with van der Waals surface area (Å²) in [5.74, 6) is -0.832. The Morgan fingerprint density at radius 3 is 2.42 bits per heavy atom. The molecule has 0 radical (unpaired) electrons. The molecule has 0 saturated carbocycles. The first kappa shape index (κ1) is 13.5. The molecule has 2 aromatic carbocycles. The summed E-state index contributed by atoms with van der Waals surface area (Å²) in [5, 5.41) is 9.76. The van der Waals surface area contributed by atoms with Gasteiger partial charge in [-0.3, -0.25) is 4.79 Å². The lowest BCUT2D eigenvalue weighted by Gasteiger charge is -2.18. The molecule has 19 heavy (non-hydrogen) atoms. The Morgan fingerprint density at radius 2 is 1.84 bits per heavy atom. The summed E-state index contributed by atoms with van der Waals surface area (Å²) in [6.45, 7) is 0. The second kappa shape index (κ2) is 5.40. The molecule has 1 amide bonds. The van der Waals surface area contributed by atoms with Crippen molar-refractivity contribution in [1.29, 1.82) is 0 Å². The van der Waals surface area contributed by atoms with Crippen LogP contribution < -0.4 is 4.90 Å².